The normalized spacial score (nSPS) is 12.9. The molecule has 0 aliphatic rings. The standard InChI is InChI=1S/C14H18BrIN4/c1-19(2)6-7-20-14(12(15)9-18-20)13(17)10-4-3-5-11(16)8-10/h3-5,8-9,13H,6-7,17H2,1-2H3. The minimum absolute atomic E-state index is 0.177. The molecule has 4 nitrogen and oxygen atoms in total. The van der Waals surface area contributed by atoms with Crippen molar-refractivity contribution in [2.45, 2.75) is 12.6 Å². The predicted octanol–water partition coefficient (Wildman–Crippen LogP) is 2.86. The topological polar surface area (TPSA) is 47.1 Å². The molecule has 1 unspecified atom stereocenters. The summed E-state index contributed by atoms with van der Waals surface area (Å²) >= 11 is 5.86. The molecule has 6 heteroatoms. The van der Waals surface area contributed by atoms with E-state index >= 15 is 0 Å². The molecule has 2 rings (SSSR count). The average molecular weight is 449 g/mol. The van der Waals surface area contributed by atoms with Crippen molar-refractivity contribution >= 4 is 38.5 Å². The summed E-state index contributed by atoms with van der Waals surface area (Å²) in [6, 6.07) is 8.09. The van der Waals surface area contributed by atoms with E-state index in [0.717, 1.165) is 28.8 Å². The van der Waals surface area contributed by atoms with E-state index in [4.69, 9.17) is 5.73 Å². The number of rotatable bonds is 5. The van der Waals surface area contributed by atoms with Gasteiger partial charge in [-0.25, -0.2) is 0 Å². The van der Waals surface area contributed by atoms with Gasteiger partial charge in [-0.15, -0.1) is 0 Å². The van der Waals surface area contributed by atoms with Crippen molar-refractivity contribution in [3.05, 3.63) is 49.8 Å². The molecule has 0 fully saturated rings. The van der Waals surface area contributed by atoms with Gasteiger partial charge < -0.3 is 10.6 Å². The summed E-state index contributed by atoms with van der Waals surface area (Å²) in [6.45, 7) is 1.76. The van der Waals surface area contributed by atoms with Crippen molar-refractivity contribution in [2.75, 3.05) is 20.6 Å². The summed E-state index contributed by atoms with van der Waals surface area (Å²) in [5, 5.41) is 4.42. The first-order valence-electron chi connectivity index (χ1n) is 6.36. The van der Waals surface area contributed by atoms with Crippen LogP contribution in [0.2, 0.25) is 0 Å². The highest BCUT2D eigenvalue weighted by molar-refractivity contribution is 14.1. The first-order chi connectivity index (χ1) is 9.49. The summed E-state index contributed by atoms with van der Waals surface area (Å²) in [5.74, 6) is 0. The Labute approximate surface area is 141 Å². The van der Waals surface area contributed by atoms with E-state index in [1.54, 1.807) is 0 Å². The fraction of sp³-hybridized carbons (Fsp3) is 0.357. The van der Waals surface area contributed by atoms with Crippen molar-refractivity contribution < 1.29 is 0 Å². The van der Waals surface area contributed by atoms with Crippen LogP contribution in [0, 0.1) is 3.57 Å². The van der Waals surface area contributed by atoms with Gasteiger partial charge in [-0.1, -0.05) is 12.1 Å². The Hall–Kier alpha value is -0.440. The molecule has 0 bridgehead atoms. The van der Waals surface area contributed by atoms with Crippen LogP contribution in [0.3, 0.4) is 0 Å². The zero-order valence-electron chi connectivity index (χ0n) is 11.6. The van der Waals surface area contributed by atoms with Crippen LogP contribution in [0.25, 0.3) is 0 Å². The van der Waals surface area contributed by atoms with Gasteiger partial charge in [0.1, 0.15) is 0 Å². The van der Waals surface area contributed by atoms with Gasteiger partial charge >= 0.3 is 0 Å². The average Bonchev–Trinajstić information content (AvgIpc) is 2.76. The molecule has 1 aromatic carbocycles. The van der Waals surface area contributed by atoms with Crippen molar-refractivity contribution in [3.63, 3.8) is 0 Å². The number of aromatic nitrogens is 2. The van der Waals surface area contributed by atoms with E-state index < -0.39 is 0 Å². The summed E-state index contributed by atoms with van der Waals surface area (Å²) in [6.07, 6.45) is 1.82. The second kappa shape index (κ2) is 7.02. The molecule has 20 heavy (non-hydrogen) atoms. The smallest absolute Gasteiger partial charge is 0.0739 e. The number of nitrogens with two attached hydrogens (primary N) is 1. The van der Waals surface area contributed by atoms with Crippen molar-refractivity contribution in [1.29, 1.82) is 0 Å². The van der Waals surface area contributed by atoms with E-state index in [9.17, 15) is 0 Å². The Balaban J connectivity index is 2.29. The van der Waals surface area contributed by atoms with Crippen LogP contribution in [0.5, 0.6) is 0 Å². The van der Waals surface area contributed by atoms with Crippen LogP contribution in [0.1, 0.15) is 17.3 Å². The second-order valence-electron chi connectivity index (χ2n) is 4.94. The number of halogens is 2. The van der Waals surface area contributed by atoms with Gasteiger partial charge in [0.2, 0.25) is 0 Å². The van der Waals surface area contributed by atoms with Gasteiger partial charge in [-0.2, -0.15) is 5.10 Å². The lowest BCUT2D eigenvalue weighted by molar-refractivity contribution is 0.368. The summed E-state index contributed by atoms with van der Waals surface area (Å²) < 4.78 is 4.13. The Morgan fingerprint density at radius 2 is 2.20 bits per heavy atom. The first kappa shape index (κ1) is 15.9. The first-order valence-corrected chi connectivity index (χ1v) is 8.23. The number of nitrogens with zero attached hydrogens (tertiary/aromatic N) is 3. The Kier molecular flexibility index (Phi) is 5.59. The second-order valence-corrected chi connectivity index (χ2v) is 7.04. The molecule has 0 spiro atoms. The van der Waals surface area contributed by atoms with Crippen LogP contribution in [-0.2, 0) is 6.54 Å². The monoisotopic (exact) mass is 448 g/mol. The molecule has 1 atom stereocenters. The Morgan fingerprint density at radius 3 is 2.85 bits per heavy atom. The molecule has 108 valence electrons. The fourth-order valence-electron chi connectivity index (χ4n) is 2.01. The maximum atomic E-state index is 6.43. The number of likely N-dealkylation sites (N-methyl/N-ethyl adjacent to an activating group) is 1. The number of benzene rings is 1. The van der Waals surface area contributed by atoms with Gasteiger partial charge in [0.15, 0.2) is 0 Å². The van der Waals surface area contributed by atoms with Crippen LogP contribution in [0.4, 0.5) is 0 Å². The van der Waals surface area contributed by atoms with Crippen molar-refractivity contribution in [1.82, 2.24) is 14.7 Å². The Morgan fingerprint density at radius 1 is 1.45 bits per heavy atom. The molecule has 0 aliphatic carbocycles. The highest BCUT2D eigenvalue weighted by atomic mass is 127. The van der Waals surface area contributed by atoms with E-state index in [1.165, 1.54) is 3.57 Å². The minimum Gasteiger partial charge on any atom is -0.319 e. The van der Waals surface area contributed by atoms with Crippen LogP contribution < -0.4 is 5.73 Å². The number of hydrogen-bond donors (Lipinski definition) is 1. The molecular formula is C14H18BrIN4. The Bertz CT molecular complexity index is 582. The third-order valence-corrected chi connectivity index (χ3v) is 4.38. The molecule has 0 aliphatic heterocycles. The molecular weight excluding hydrogens is 431 g/mol. The summed E-state index contributed by atoms with van der Waals surface area (Å²) in [7, 11) is 4.11. The van der Waals surface area contributed by atoms with Gasteiger partial charge in [0.05, 0.1) is 29.0 Å². The van der Waals surface area contributed by atoms with E-state index in [1.807, 2.05) is 16.9 Å². The largest absolute Gasteiger partial charge is 0.319 e. The lowest BCUT2D eigenvalue weighted by atomic mass is 10.0. The minimum atomic E-state index is -0.177. The van der Waals surface area contributed by atoms with Crippen LogP contribution in [0.15, 0.2) is 34.9 Å². The molecule has 1 heterocycles. The summed E-state index contributed by atoms with van der Waals surface area (Å²) in [5.41, 5.74) is 8.55. The lowest BCUT2D eigenvalue weighted by Gasteiger charge is -2.17. The molecule has 2 N–H and O–H groups in total. The van der Waals surface area contributed by atoms with E-state index in [2.05, 4.69) is 80.8 Å². The van der Waals surface area contributed by atoms with Gasteiger partial charge in [0.25, 0.3) is 0 Å². The van der Waals surface area contributed by atoms with Crippen molar-refractivity contribution in [2.24, 2.45) is 5.73 Å². The SMILES string of the molecule is CN(C)CCn1ncc(Br)c1C(N)c1cccc(I)c1. The number of hydrogen-bond acceptors (Lipinski definition) is 3. The van der Waals surface area contributed by atoms with Crippen LogP contribution in [-0.4, -0.2) is 35.3 Å². The van der Waals surface area contributed by atoms with Gasteiger partial charge in [0, 0.05) is 10.1 Å². The molecule has 0 saturated heterocycles. The molecule has 1 aromatic heterocycles. The fourth-order valence-corrected chi connectivity index (χ4v) is 3.12. The van der Waals surface area contributed by atoms with Gasteiger partial charge in [-0.05, 0) is 70.3 Å². The van der Waals surface area contributed by atoms with Crippen molar-refractivity contribution in [3.8, 4) is 0 Å². The predicted molar refractivity (Wildman–Crippen MR) is 93.7 cm³/mol. The zero-order valence-corrected chi connectivity index (χ0v) is 15.3. The molecule has 2 aromatic rings. The summed E-state index contributed by atoms with van der Waals surface area (Å²) in [4.78, 5) is 2.14. The quantitative estimate of drug-likeness (QED) is 0.715. The van der Waals surface area contributed by atoms with E-state index in [-0.39, 0.29) is 6.04 Å². The van der Waals surface area contributed by atoms with Gasteiger partial charge in [-0.3, -0.25) is 4.68 Å². The van der Waals surface area contributed by atoms with E-state index in [0.29, 0.717) is 0 Å². The highest BCUT2D eigenvalue weighted by Crippen LogP contribution is 2.27. The lowest BCUT2D eigenvalue weighted by Crippen LogP contribution is -2.23. The third-order valence-electron chi connectivity index (χ3n) is 3.09. The third kappa shape index (κ3) is 3.81. The maximum Gasteiger partial charge on any atom is 0.0739 e. The van der Waals surface area contributed by atoms with Crippen LogP contribution >= 0.6 is 38.5 Å². The molecule has 0 amide bonds. The molecule has 0 saturated carbocycles. The highest BCUT2D eigenvalue weighted by Gasteiger charge is 2.18. The molecule has 0 radical (unpaired) electrons. The maximum absolute atomic E-state index is 6.43. The zero-order chi connectivity index (χ0) is 14.7.